The van der Waals surface area contributed by atoms with E-state index in [1.165, 1.54) is 4.31 Å². The van der Waals surface area contributed by atoms with E-state index in [4.69, 9.17) is 4.74 Å². The molecule has 0 unspecified atom stereocenters. The zero-order chi connectivity index (χ0) is 17.7. The number of hydrogen-bond donors (Lipinski definition) is 1. The van der Waals surface area contributed by atoms with Gasteiger partial charge < -0.3 is 10.1 Å². The number of rotatable bonds is 5. The van der Waals surface area contributed by atoms with E-state index in [0.29, 0.717) is 31.6 Å². The van der Waals surface area contributed by atoms with Crippen molar-refractivity contribution in [3.05, 3.63) is 27.8 Å². The van der Waals surface area contributed by atoms with Crippen LogP contribution in [0.1, 0.15) is 12.8 Å². The van der Waals surface area contributed by atoms with Crippen LogP contribution in [0.15, 0.2) is 24.3 Å². The number of nitrogens with one attached hydrogen (secondary N) is 1. The molecule has 0 saturated carbocycles. The van der Waals surface area contributed by atoms with Crippen molar-refractivity contribution in [3.63, 3.8) is 0 Å². The zero-order valence-corrected chi connectivity index (χ0v) is 16.2. The highest BCUT2D eigenvalue weighted by molar-refractivity contribution is 14.1. The van der Waals surface area contributed by atoms with Crippen LogP contribution in [0, 0.1) is 9.49 Å². The Morgan fingerprint density at radius 2 is 1.83 bits per heavy atom. The molecule has 1 aromatic carbocycles. The highest BCUT2D eigenvalue weighted by Gasteiger charge is 2.30. The maximum absolute atomic E-state index is 12.0. The van der Waals surface area contributed by atoms with Crippen molar-refractivity contribution in [1.29, 1.82) is 0 Å². The topological polar surface area (TPSA) is 92.8 Å². The number of hydrogen-bond acceptors (Lipinski definition) is 5. The number of piperidine rings is 1. The van der Waals surface area contributed by atoms with Gasteiger partial charge in [-0.15, -0.1) is 0 Å². The monoisotopic (exact) mass is 466 g/mol. The number of benzene rings is 1. The van der Waals surface area contributed by atoms with E-state index in [9.17, 15) is 18.0 Å². The largest absolute Gasteiger partial charge is 0.455 e. The van der Waals surface area contributed by atoms with Crippen molar-refractivity contribution >= 4 is 50.2 Å². The summed E-state index contributed by atoms with van der Waals surface area (Å²) in [5.74, 6) is -1.23. The summed E-state index contributed by atoms with van der Waals surface area (Å²) < 4.78 is 30.3. The summed E-state index contributed by atoms with van der Waals surface area (Å²) in [6, 6.07) is 7.25. The molecule has 0 bridgehead atoms. The van der Waals surface area contributed by atoms with Crippen molar-refractivity contribution in [2.75, 3.05) is 31.3 Å². The molecule has 0 atom stereocenters. The van der Waals surface area contributed by atoms with E-state index < -0.39 is 21.9 Å². The number of anilines is 1. The van der Waals surface area contributed by atoms with Crippen LogP contribution in [0.3, 0.4) is 0 Å². The average Bonchev–Trinajstić information content (AvgIpc) is 2.54. The number of carbonyl (C=O) groups excluding carboxylic acids is 2. The van der Waals surface area contributed by atoms with Gasteiger partial charge >= 0.3 is 5.97 Å². The molecule has 2 rings (SSSR count). The lowest BCUT2D eigenvalue weighted by molar-refractivity contribution is -0.152. The summed E-state index contributed by atoms with van der Waals surface area (Å²) in [4.78, 5) is 23.8. The van der Waals surface area contributed by atoms with Crippen molar-refractivity contribution < 1.29 is 22.7 Å². The molecule has 1 heterocycles. The molecule has 0 radical (unpaired) electrons. The van der Waals surface area contributed by atoms with E-state index in [-0.39, 0.29) is 12.5 Å². The molecule has 1 aromatic rings. The fraction of sp³-hybridized carbons (Fsp3) is 0.467. The Balaban J connectivity index is 1.75. The zero-order valence-electron chi connectivity index (χ0n) is 13.2. The molecule has 1 amide bonds. The second-order valence-electron chi connectivity index (χ2n) is 5.60. The van der Waals surface area contributed by atoms with Crippen LogP contribution in [-0.4, -0.2) is 50.6 Å². The van der Waals surface area contributed by atoms with E-state index >= 15 is 0 Å². The van der Waals surface area contributed by atoms with Crippen LogP contribution in [0.4, 0.5) is 5.69 Å². The third-order valence-electron chi connectivity index (χ3n) is 3.73. The third-order valence-corrected chi connectivity index (χ3v) is 5.75. The molecular weight excluding hydrogens is 447 g/mol. The maximum atomic E-state index is 12.0. The molecule has 9 heteroatoms. The SMILES string of the molecule is CS(=O)(=O)N1CCC(C(=O)OCC(=O)Nc2ccc(I)cc2)CC1. The summed E-state index contributed by atoms with van der Waals surface area (Å²) >= 11 is 2.16. The molecule has 1 fully saturated rings. The first-order valence-electron chi connectivity index (χ1n) is 7.43. The number of ether oxygens (including phenoxy) is 1. The van der Waals surface area contributed by atoms with Gasteiger partial charge in [0.15, 0.2) is 6.61 Å². The number of halogens is 1. The summed E-state index contributed by atoms with van der Waals surface area (Å²) in [5.41, 5.74) is 0.637. The Hall–Kier alpha value is -1.20. The van der Waals surface area contributed by atoms with Gasteiger partial charge in [-0.2, -0.15) is 0 Å². The molecule has 1 aliphatic heterocycles. The van der Waals surface area contributed by atoms with Crippen LogP contribution in [0.25, 0.3) is 0 Å². The standard InChI is InChI=1S/C15H19IN2O5S/c1-24(21,22)18-8-6-11(7-9-18)15(20)23-10-14(19)17-13-4-2-12(16)3-5-13/h2-5,11H,6-10H2,1H3,(H,17,19). The predicted molar refractivity (Wildman–Crippen MR) is 97.9 cm³/mol. The lowest BCUT2D eigenvalue weighted by Crippen LogP contribution is -2.40. The molecule has 1 N–H and O–H groups in total. The fourth-order valence-corrected chi connectivity index (χ4v) is 3.64. The third kappa shape index (κ3) is 5.71. The average molecular weight is 466 g/mol. The van der Waals surface area contributed by atoms with Gasteiger partial charge in [-0.1, -0.05) is 0 Å². The van der Waals surface area contributed by atoms with Crippen LogP contribution in [0.2, 0.25) is 0 Å². The van der Waals surface area contributed by atoms with Crippen LogP contribution in [0.5, 0.6) is 0 Å². The lowest BCUT2D eigenvalue weighted by atomic mass is 9.98. The lowest BCUT2D eigenvalue weighted by Gasteiger charge is -2.28. The first-order valence-corrected chi connectivity index (χ1v) is 10.4. The summed E-state index contributed by atoms with van der Waals surface area (Å²) in [5, 5.41) is 2.65. The predicted octanol–water partition coefficient (Wildman–Crippen LogP) is 1.44. The normalized spacial score (nSPS) is 16.6. The van der Waals surface area contributed by atoms with Crippen molar-refractivity contribution in [1.82, 2.24) is 4.31 Å². The van der Waals surface area contributed by atoms with Crippen molar-refractivity contribution in [3.8, 4) is 0 Å². The minimum Gasteiger partial charge on any atom is -0.455 e. The van der Waals surface area contributed by atoms with Crippen molar-refractivity contribution in [2.45, 2.75) is 12.8 Å². The number of nitrogens with zero attached hydrogens (tertiary/aromatic N) is 1. The van der Waals surface area contributed by atoms with Crippen molar-refractivity contribution in [2.24, 2.45) is 5.92 Å². The Morgan fingerprint density at radius 1 is 1.25 bits per heavy atom. The van der Waals surface area contributed by atoms with Gasteiger partial charge in [-0.05, 0) is 59.7 Å². The highest BCUT2D eigenvalue weighted by atomic mass is 127. The van der Waals surface area contributed by atoms with Crippen LogP contribution < -0.4 is 5.32 Å². The molecule has 1 saturated heterocycles. The van der Waals surface area contributed by atoms with E-state index in [2.05, 4.69) is 27.9 Å². The molecule has 0 spiro atoms. The molecule has 24 heavy (non-hydrogen) atoms. The molecule has 0 aliphatic carbocycles. The summed E-state index contributed by atoms with van der Waals surface area (Å²) in [7, 11) is -3.22. The molecule has 0 aromatic heterocycles. The minimum atomic E-state index is -3.22. The maximum Gasteiger partial charge on any atom is 0.309 e. The van der Waals surface area contributed by atoms with E-state index in [0.717, 1.165) is 9.83 Å². The minimum absolute atomic E-state index is 0.299. The fourth-order valence-electron chi connectivity index (χ4n) is 2.41. The summed E-state index contributed by atoms with van der Waals surface area (Å²) in [6.45, 7) is 0.248. The molecular formula is C15H19IN2O5S. The van der Waals surface area contributed by atoms with Gasteiger partial charge in [0.05, 0.1) is 12.2 Å². The second-order valence-corrected chi connectivity index (χ2v) is 8.83. The quantitative estimate of drug-likeness (QED) is 0.524. The number of esters is 1. The van der Waals surface area contributed by atoms with Gasteiger partial charge in [0.25, 0.3) is 5.91 Å². The number of carbonyl (C=O) groups is 2. The van der Waals surface area contributed by atoms with Gasteiger partial charge in [-0.25, -0.2) is 12.7 Å². The van der Waals surface area contributed by atoms with E-state index in [1.54, 1.807) is 12.1 Å². The smallest absolute Gasteiger partial charge is 0.309 e. The van der Waals surface area contributed by atoms with Crippen LogP contribution in [-0.2, 0) is 24.3 Å². The molecule has 132 valence electrons. The van der Waals surface area contributed by atoms with Gasteiger partial charge in [0.2, 0.25) is 10.0 Å². The second kappa shape index (κ2) is 8.26. The molecule has 1 aliphatic rings. The number of amides is 1. The molecule has 7 nitrogen and oxygen atoms in total. The highest BCUT2D eigenvalue weighted by Crippen LogP contribution is 2.20. The van der Waals surface area contributed by atoms with Crippen LogP contribution >= 0.6 is 22.6 Å². The Kier molecular flexibility index (Phi) is 6.58. The number of sulfonamides is 1. The van der Waals surface area contributed by atoms with Gasteiger partial charge in [-0.3, -0.25) is 9.59 Å². The van der Waals surface area contributed by atoms with Gasteiger partial charge in [0.1, 0.15) is 0 Å². The van der Waals surface area contributed by atoms with Gasteiger partial charge in [0, 0.05) is 22.3 Å². The Morgan fingerprint density at radius 3 is 2.38 bits per heavy atom. The van der Waals surface area contributed by atoms with E-state index in [1.807, 2.05) is 12.1 Å². The Bertz CT molecular complexity index is 697. The summed E-state index contributed by atoms with van der Waals surface area (Å²) in [6.07, 6.45) is 1.97. The Labute approximate surface area is 154 Å². The first-order chi connectivity index (χ1) is 11.3. The first kappa shape index (κ1) is 19.1.